The van der Waals surface area contributed by atoms with Crippen LogP contribution >= 0.6 is 27.5 Å². The fourth-order valence-electron chi connectivity index (χ4n) is 1.81. The number of carbonyl (C=O) groups is 1. The van der Waals surface area contributed by atoms with Gasteiger partial charge in [-0.25, -0.2) is 0 Å². The number of hydrogen-bond acceptors (Lipinski definition) is 3. The van der Waals surface area contributed by atoms with Crippen molar-refractivity contribution in [1.29, 1.82) is 0 Å². The minimum atomic E-state index is -0.270. The van der Waals surface area contributed by atoms with Crippen LogP contribution in [0.3, 0.4) is 0 Å². The number of nitrogens with one attached hydrogen (secondary N) is 1. The molecule has 0 heterocycles. The number of benzene rings is 2. The van der Waals surface area contributed by atoms with Gasteiger partial charge in [-0.2, -0.15) is 0 Å². The summed E-state index contributed by atoms with van der Waals surface area (Å²) in [6, 6.07) is 10.7. The first-order valence-corrected chi connectivity index (χ1v) is 7.69. The molecule has 2 aromatic carbocycles. The lowest BCUT2D eigenvalue weighted by molar-refractivity contribution is -0.118. The second-order valence-electron chi connectivity index (χ2n) is 4.62. The molecule has 22 heavy (non-hydrogen) atoms. The van der Waals surface area contributed by atoms with Gasteiger partial charge in [-0.05, 0) is 58.7 Å². The predicted octanol–water partition coefficient (Wildman–Crippen LogP) is 4.44. The van der Waals surface area contributed by atoms with Gasteiger partial charge in [0.25, 0.3) is 5.91 Å². The van der Waals surface area contributed by atoms with E-state index in [0.717, 1.165) is 10.0 Å². The highest BCUT2D eigenvalue weighted by Gasteiger charge is 2.08. The fraction of sp³-hybridized carbons (Fsp3) is 0.188. The topological polar surface area (TPSA) is 47.6 Å². The molecule has 0 aliphatic rings. The average molecular weight is 385 g/mol. The lowest BCUT2D eigenvalue weighted by atomic mass is 10.2. The Morgan fingerprint density at radius 3 is 2.59 bits per heavy atom. The van der Waals surface area contributed by atoms with Crippen molar-refractivity contribution in [1.82, 2.24) is 0 Å². The molecule has 0 atom stereocenters. The Hall–Kier alpha value is -1.72. The van der Waals surface area contributed by atoms with Crippen LogP contribution in [-0.4, -0.2) is 19.6 Å². The zero-order valence-corrected chi connectivity index (χ0v) is 14.5. The molecule has 1 amide bonds. The van der Waals surface area contributed by atoms with Crippen LogP contribution in [0, 0.1) is 6.92 Å². The number of aryl methyl sites for hydroxylation is 1. The Bertz CT molecular complexity index is 691. The van der Waals surface area contributed by atoms with E-state index in [1.54, 1.807) is 18.2 Å². The van der Waals surface area contributed by atoms with Gasteiger partial charge >= 0.3 is 0 Å². The van der Waals surface area contributed by atoms with Gasteiger partial charge in [0.1, 0.15) is 11.5 Å². The number of anilines is 1. The third kappa shape index (κ3) is 4.39. The predicted molar refractivity (Wildman–Crippen MR) is 91.0 cm³/mol. The maximum absolute atomic E-state index is 11.9. The van der Waals surface area contributed by atoms with Crippen molar-refractivity contribution in [3.63, 3.8) is 0 Å². The van der Waals surface area contributed by atoms with Crippen molar-refractivity contribution < 1.29 is 14.3 Å². The fourth-order valence-corrected chi connectivity index (χ4v) is 2.67. The zero-order valence-electron chi connectivity index (χ0n) is 12.2. The number of rotatable bonds is 5. The van der Waals surface area contributed by atoms with E-state index in [0.29, 0.717) is 22.2 Å². The maximum atomic E-state index is 11.9. The number of amides is 1. The van der Waals surface area contributed by atoms with Gasteiger partial charge in [-0.15, -0.1) is 0 Å². The number of ether oxygens (including phenoxy) is 2. The Morgan fingerprint density at radius 2 is 1.95 bits per heavy atom. The summed E-state index contributed by atoms with van der Waals surface area (Å²) in [6.45, 7) is 1.89. The van der Waals surface area contributed by atoms with Gasteiger partial charge in [-0.1, -0.05) is 17.7 Å². The van der Waals surface area contributed by atoms with Gasteiger partial charge in [0.15, 0.2) is 6.61 Å². The van der Waals surface area contributed by atoms with E-state index < -0.39 is 0 Å². The van der Waals surface area contributed by atoms with Crippen molar-refractivity contribution in [3.05, 3.63) is 51.5 Å². The molecule has 6 heteroatoms. The quantitative estimate of drug-likeness (QED) is 0.829. The van der Waals surface area contributed by atoms with Crippen molar-refractivity contribution >= 4 is 39.1 Å². The molecule has 2 rings (SSSR count). The standard InChI is InChI=1S/C16H15BrClNO3/c1-10-3-5-14(12(17)7-10)22-9-16(20)19-11-4-6-15(21-2)13(18)8-11/h3-8H,9H2,1-2H3,(H,19,20). The van der Waals surface area contributed by atoms with Crippen LogP contribution in [0.15, 0.2) is 40.9 Å². The summed E-state index contributed by atoms with van der Waals surface area (Å²) in [5.41, 5.74) is 1.69. The summed E-state index contributed by atoms with van der Waals surface area (Å²) in [4.78, 5) is 11.9. The molecular formula is C16H15BrClNO3. The van der Waals surface area contributed by atoms with Crippen LogP contribution in [-0.2, 0) is 4.79 Å². The molecule has 0 radical (unpaired) electrons. The smallest absolute Gasteiger partial charge is 0.262 e. The molecule has 0 saturated heterocycles. The lowest BCUT2D eigenvalue weighted by Crippen LogP contribution is -2.20. The third-order valence-corrected chi connectivity index (χ3v) is 3.80. The van der Waals surface area contributed by atoms with Gasteiger partial charge in [0.05, 0.1) is 16.6 Å². The van der Waals surface area contributed by atoms with E-state index in [2.05, 4.69) is 21.2 Å². The molecule has 0 aliphatic carbocycles. The molecule has 4 nitrogen and oxygen atoms in total. The Kier molecular flexibility index (Phi) is 5.69. The first-order valence-electron chi connectivity index (χ1n) is 6.52. The molecule has 0 aliphatic heterocycles. The first-order chi connectivity index (χ1) is 10.5. The highest BCUT2D eigenvalue weighted by atomic mass is 79.9. The number of hydrogen-bond donors (Lipinski definition) is 1. The molecule has 0 saturated carbocycles. The number of halogens is 2. The molecule has 0 bridgehead atoms. The number of methoxy groups -OCH3 is 1. The van der Waals surface area contributed by atoms with Crippen LogP contribution in [0.2, 0.25) is 5.02 Å². The lowest BCUT2D eigenvalue weighted by Gasteiger charge is -2.10. The zero-order chi connectivity index (χ0) is 16.1. The minimum absolute atomic E-state index is 0.0920. The second-order valence-corrected chi connectivity index (χ2v) is 5.88. The summed E-state index contributed by atoms with van der Waals surface area (Å²) in [5.74, 6) is 0.904. The van der Waals surface area contributed by atoms with Gasteiger partial charge < -0.3 is 14.8 Å². The summed E-state index contributed by atoms with van der Waals surface area (Å²) in [6.07, 6.45) is 0. The highest BCUT2D eigenvalue weighted by molar-refractivity contribution is 9.10. The van der Waals surface area contributed by atoms with Crippen LogP contribution < -0.4 is 14.8 Å². The second kappa shape index (κ2) is 7.51. The highest BCUT2D eigenvalue weighted by Crippen LogP contribution is 2.28. The average Bonchev–Trinajstić information content (AvgIpc) is 2.46. The van der Waals surface area contributed by atoms with E-state index in [1.165, 1.54) is 7.11 Å². The Labute approximate surface area is 142 Å². The summed E-state index contributed by atoms with van der Waals surface area (Å²) >= 11 is 9.41. The SMILES string of the molecule is COc1ccc(NC(=O)COc2ccc(C)cc2Br)cc1Cl. The monoisotopic (exact) mass is 383 g/mol. The molecule has 0 fully saturated rings. The van der Waals surface area contributed by atoms with Crippen LogP contribution in [0.5, 0.6) is 11.5 Å². The summed E-state index contributed by atoms with van der Waals surface area (Å²) < 4.78 is 11.4. The van der Waals surface area contributed by atoms with Crippen LogP contribution in [0.1, 0.15) is 5.56 Å². The van der Waals surface area contributed by atoms with E-state index in [1.807, 2.05) is 25.1 Å². The minimum Gasteiger partial charge on any atom is -0.495 e. The largest absolute Gasteiger partial charge is 0.495 e. The molecule has 0 unspecified atom stereocenters. The molecule has 2 aromatic rings. The van der Waals surface area contributed by atoms with Gasteiger partial charge in [0, 0.05) is 5.69 Å². The van der Waals surface area contributed by atoms with E-state index in [4.69, 9.17) is 21.1 Å². The van der Waals surface area contributed by atoms with E-state index in [-0.39, 0.29) is 12.5 Å². The Morgan fingerprint density at radius 1 is 1.23 bits per heavy atom. The molecule has 0 aromatic heterocycles. The third-order valence-electron chi connectivity index (χ3n) is 2.88. The maximum Gasteiger partial charge on any atom is 0.262 e. The first kappa shape index (κ1) is 16.6. The molecule has 1 N–H and O–H groups in total. The van der Waals surface area contributed by atoms with Crippen LogP contribution in [0.25, 0.3) is 0 Å². The normalized spacial score (nSPS) is 10.2. The van der Waals surface area contributed by atoms with Crippen molar-refractivity contribution in [2.75, 3.05) is 19.0 Å². The van der Waals surface area contributed by atoms with Crippen molar-refractivity contribution in [3.8, 4) is 11.5 Å². The Balaban J connectivity index is 1.94. The van der Waals surface area contributed by atoms with Crippen LogP contribution in [0.4, 0.5) is 5.69 Å². The summed E-state index contributed by atoms with van der Waals surface area (Å²) in [7, 11) is 1.53. The van der Waals surface area contributed by atoms with E-state index in [9.17, 15) is 4.79 Å². The van der Waals surface area contributed by atoms with Gasteiger partial charge in [0.2, 0.25) is 0 Å². The summed E-state index contributed by atoms with van der Waals surface area (Å²) in [5, 5.41) is 3.15. The van der Waals surface area contributed by atoms with Gasteiger partial charge in [-0.3, -0.25) is 4.79 Å². The van der Waals surface area contributed by atoms with Crippen molar-refractivity contribution in [2.24, 2.45) is 0 Å². The van der Waals surface area contributed by atoms with E-state index >= 15 is 0 Å². The van der Waals surface area contributed by atoms with Crippen molar-refractivity contribution in [2.45, 2.75) is 6.92 Å². The molecular weight excluding hydrogens is 370 g/mol. The number of carbonyl (C=O) groups excluding carboxylic acids is 1. The molecule has 116 valence electrons. The molecule has 0 spiro atoms.